The minimum atomic E-state index is -4.15. The minimum absolute atomic E-state index is 0.0152. The van der Waals surface area contributed by atoms with Crippen LogP contribution in [-0.2, 0) is 5.41 Å². The van der Waals surface area contributed by atoms with Crippen molar-refractivity contribution >= 4 is 17.3 Å². The zero-order valence-corrected chi connectivity index (χ0v) is 15.5. The quantitative estimate of drug-likeness (QED) is 0.423. The maximum absolute atomic E-state index is 12.2. The van der Waals surface area contributed by atoms with Gasteiger partial charge in [-0.3, -0.25) is 9.89 Å². The number of thiophene rings is 1. The molecule has 0 aromatic carbocycles. The maximum atomic E-state index is 12.2. The van der Waals surface area contributed by atoms with E-state index in [1.165, 1.54) is 16.8 Å². The Morgan fingerprint density at radius 3 is 2.54 bits per heavy atom. The molecule has 1 aromatic rings. The van der Waals surface area contributed by atoms with Crippen LogP contribution in [0.3, 0.4) is 0 Å². The number of hydrogen-bond donors (Lipinski definition) is 2. The highest BCUT2D eigenvalue weighted by Gasteiger charge is 2.28. The molecule has 138 valence electrons. The van der Waals surface area contributed by atoms with E-state index < -0.39 is 12.7 Å². The lowest BCUT2D eigenvalue weighted by Crippen LogP contribution is -2.44. The first-order valence-electron chi connectivity index (χ1n) is 7.88. The van der Waals surface area contributed by atoms with Gasteiger partial charge < -0.3 is 10.6 Å². The molecule has 0 saturated carbocycles. The van der Waals surface area contributed by atoms with Gasteiger partial charge in [0.1, 0.15) is 0 Å². The Morgan fingerprint density at radius 2 is 2.00 bits per heavy atom. The predicted octanol–water partition coefficient (Wildman–Crippen LogP) is 3.07. The number of nitrogens with one attached hydrogen (secondary N) is 2. The molecule has 1 rings (SSSR count). The van der Waals surface area contributed by atoms with Crippen LogP contribution in [-0.4, -0.2) is 57.3 Å². The van der Waals surface area contributed by atoms with Crippen LogP contribution in [0, 0.1) is 0 Å². The molecule has 4 nitrogen and oxygen atoms in total. The van der Waals surface area contributed by atoms with Gasteiger partial charge in [-0.2, -0.15) is 13.2 Å². The molecule has 0 aliphatic heterocycles. The van der Waals surface area contributed by atoms with Crippen molar-refractivity contribution in [1.29, 1.82) is 0 Å². The molecule has 0 unspecified atom stereocenters. The van der Waals surface area contributed by atoms with Crippen molar-refractivity contribution < 1.29 is 13.2 Å². The molecule has 8 heteroatoms. The summed E-state index contributed by atoms with van der Waals surface area (Å²) in [5.74, 6) is 0.665. The van der Waals surface area contributed by atoms with Gasteiger partial charge in [-0.1, -0.05) is 19.9 Å². The molecule has 0 atom stereocenters. The zero-order valence-electron chi connectivity index (χ0n) is 14.7. The van der Waals surface area contributed by atoms with Crippen molar-refractivity contribution in [2.45, 2.75) is 31.9 Å². The van der Waals surface area contributed by atoms with Gasteiger partial charge in [-0.25, -0.2) is 0 Å². The third-order valence-electron chi connectivity index (χ3n) is 3.57. The molecule has 0 aliphatic rings. The average Bonchev–Trinajstić information content (AvgIpc) is 2.99. The third-order valence-corrected chi connectivity index (χ3v) is 4.80. The molecule has 0 radical (unpaired) electrons. The van der Waals surface area contributed by atoms with E-state index in [9.17, 15) is 13.2 Å². The monoisotopic (exact) mass is 364 g/mol. The van der Waals surface area contributed by atoms with E-state index in [4.69, 9.17) is 0 Å². The first kappa shape index (κ1) is 20.8. The summed E-state index contributed by atoms with van der Waals surface area (Å²) in [5.41, 5.74) is -0.0152. The summed E-state index contributed by atoms with van der Waals surface area (Å²) in [6.45, 7) is 5.11. The summed E-state index contributed by atoms with van der Waals surface area (Å²) in [6, 6.07) is 4.14. The van der Waals surface area contributed by atoms with E-state index in [0.717, 1.165) is 6.54 Å². The van der Waals surface area contributed by atoms with Crippen molar-refractivity contribution in [2.24, 2.45) is 4.99 Å². The molecule has 1 heterocycles. The molecule has 0 amide bonds. The fraction of sp³-hybridized carbons (Fsp3) is 0.688. The Balaban J connectivity index is 2.28. The van der Waals surface area contributed by atoms with Gasteiger partial charge in [0.25, 0.3) is 0 Å². The van der Waals surface area contributed by atoms with Gasteiger partial charge in [0.15, 0.2) is 5.96 Å². The predicted molar refractivity (Wildman–Crippen MR) is 94.9 cm³/mol. The van der Waals surface area contributed by atoms with Gasteiger partial charge >= 0.3 is 6.18 Å². The Kier molecular flexibility index (Phi) is 8.02. The van der Waals surface area contributed by atoms with Crippen LogP contribution < -0.4 is 10.6 Å². The number of hydrogen-bond acceptors (Lipinski definition) is 3. The first-order chi connectivity index (χ1) is 11.1. The Hall–Kier alpha value is -1.28. The van der Waals surface area contributed by atoms with Gasteiger partial charge in [-0.15, -0.1) is 11.3 Å². The Labute approximate surface area is 146 Å². The molecule has 0 fully saturated rings. The van der Waals surface area contributed by atoms with Crippen molar-refractivity contribution in [3.05, 3.63) is 22.4 Å². The molecule has 0 spiro atoms. The van der Waals surface area contributed by atoms with Crippen LogP contribution in [0.15, 0.2) is 22.5 Å². The van der Waals surface area contributed by atoms with Crippen molar-refractivity contribution in [3.63, 3.8) is 0 Å². The lowest BCUT2D eigenvalue weighted by Gasteiger charge is -2.25. The van der Waals surface area contributed by atoms with Crippen molar-refractivity contribution in [1.82, 2.24) is 15.5 Å². The van der Waals surface area contributed by atoms with Gasteiger partial charge in [0.2, 0.25) is 0 Å². The van der Waals surface area contributed by atoms with E-state index in [0.29, 0.717) is 25.5 Å². The molecular weight excluding hydrogens is 337 g/mol. The molecule has 1 aromatic heterocycles. The fourth-order valence-corrected chi connectivity index (χ4v) is 3.07. The SMILES string of the molecule is CN=C(NCCCN(C)CC(F)(F)F)NCC(C)(C)c1cccs1. The topological polar surface area (TPSA) is 39.7 Å². The molecule has 0 bridgehead atoms. The number of halogens is 3. The van der Waals surface area contributed by atoms with Crippen LogP contribution in [0.4, 0.5) is 13.2 Å². The summed E-state index contributed by atoms with van der Waals surface area (Å²) >= 11 is 1.72. The van der Waals surface area contributed by atoms with E-state index in [1.807, 2.05) is 6.07 Å². The third kappa shape index (κ3) is 8.01. The summed E-state index contributed by atoms with van der Waals surface area (Å²) < 4.78 is 36.7. The van der Waals surface area contributed by atoms with E-state index >= 15 is 0 Å². The van der Waals surface area contributed by atoms with E-state index in [2.05, 4.69) is 40.9 Å². The summed E-state index contributed by atoms with van der Waals surface area (Å²) in [5, 5.41) is 8.47. The molecular formula is C16H27F3N4S. The average molecular weight is 364 g/mol. The normalized spacial score (nSPS) is 13.4. The number of alkyl halides is 3. The van der Waals surface area contributed by atoms with Crippen LogP contribution >= 0.6 is 11.3 Å². The van der Waals surface area contributed by atoms with E-state index in [-0.39, 0.29) is 5.41 Å². The minimum Gasteiger partial charge on any atom is -0.356 e. The van der Waals surface area contributed by atoms with Crippen LogP contribution in [0.5, 0.6) is 0 Å². The highest BCUT2D eigenvalue weighted by molar-refractivity contribution is 7.10. The fourth-order valence-electron chi connectivity index (χ4n) is 2.22. The van der Waals surface area contributed by atoms with Gasteiger partial charge in [-0.05, 0) is 31.5 Å². The number of guanidine groups is 1. The summed E-state index contributed by atoms with van der Waals surface area (Å²) in [4.78, 5) is 6.72. The molecule has 24 heavy (non-hydrogen) atoms. The molecule has 2 N–H and O–H groups in total. The van der Waals surface area contributed by atoms with Crippen LogP contribution in [0.25, 0.3) is 0 Å². The lowest BCUT2D eigenvalue weighted by molar-refractivity contribution is -0.143. The highest BCUT2D eigenvalue weighted by Crippen LogP contribution is 2.26. The number of nitrogens with zero attached hydrogens (tertiary/aromatic N) is 2. The van der Waals surface area contributed by atoms with E-state index in [1.54, 1.807) is 18.4 Å². The lowest BCUT2D eigenvalue weighted by atomic mass is 9.91. The Morgan fingerprint density at radius 1 is 1.29 bits per heavy atom. The molecule has 0 saturated heterocycles. The van der Waals surface area contributed by atoms with Crippen molar-refractivity contribution in [3.8, 4) is 0 Å². The van der Waals surface area contributed by atoms with Gasteiger partial charge in [0.05, 0.1) is 6.54 Å². The second-order valence-electron chi connectivity index (χ2n) is 6.42. The highest BCUT2D eigenvalue weighted by atomic mass is 32.1. The second kappa shape index (κ2) is 9.27. The summed E-state index contributed by atoms with van der Waals surface area (Å²) in [6.07, 6.45) is -3.53. The zero-order chi connectivity index (χ0) is 18.2. The molecule has 0 aliphatic carbocycles. The summed E-state index contributed by atoms with van der Waals surface area (Å²) in [7, 11) is 3.16. The second-order valence-corrected chi connectivity index (χ2v) is 7.37. The maximum Gasteiger partial charge on any atom is 0.401 e. The number of rotatable bonds is 8. The smallest absolute Gasteiger partial charge is 0.356 e. The first-order valence-corrected chi connectivity index (χ1v) is 8.76. The van der Waals surface area contributed by atoms with Crippen LogP contribution in [0.1, 0.15) is 25.1 Å². The van der Waals surface area contributed by atoms with Gasteiger partial charge in [0, 0.05) is 30.4 Å². The van der Waals surface area contributed by atoms with Crippen LogP contribution in [0.2, 0.25) is 0 Å². The van der Waals surface area contributed by atoms with Crippen molar-refractivity contribution in [2.75, 3.05) is 40.3 Å². The Bertz CT molecular complexity index is 498. The largest absolute Gasteiger partial charge is 0.401 e. The number of aliphatic imine (C=N–C) groups is 1. The standard InChI is InChI=1S/C16H27F3N4S/c1-15(2,13-7-5-10-24-13)11-22-14(20-3)21-8-6-9-23(4)12-16(17,18)19/h5,7,10H,6,8-9,11-12H2,1-4H3,(H2,20,21,22).